The van der Waals surface area contributed by atoms with Crippen molar-refractivity contribution in [3.63, 3.8) is 0 Å². The van der Waals surface area contributed by atoms with Crippen molar-refractivity contribution in [2.75, 3.05) is 7.11 Å². The smallest absolute Gasteiger partial charge is 0.309 e. The van der Waals surface area contributed by atoms with Crippen LogP contribution in [0.4, 0.5) is 0 Å². The van der Waals surface area contributed by atoms with Crippen molar-refractivity contribution in [1.82, 2.24) is 0 Å². The highest BCUT2D eigenvalue weighted by atomic mass is 16.5. The fraction of sp³-hybridized carbons (Fsp3) is 0.846. The molecule has 1 aliphatic carbocycles. The van der Waals surface area contributed by atoms with Crippen LogP contribution in [0.3, 0.4) is 0 Å². The average molecular weight is 241 g/mol. The van der Waals surface area contributed by atoms with Gasteiger partial charge in [0.2, 0.25) is 0 Å². The number of oxime groups is 1. The maximum atomic E-state index is 11.6. The molecule has 0 spiro atoms. The van der Waals surface area contributed by atoms with Crippen LogP contribution in [0.15, 0.2) is 5.16 Å². The van der Waals surface area contributed by atoms with Gasteiger partial charge in [0.1, 0.15) is 0 Å². The minimum absolute atomic E-state index is 0.0873. The molecule has 98 valence electrons. The van der Waals surface area contributed by atoms with E-state index in [2.05, 4.69) is 12.1 Å². The summed E-state index contributed by atoms with van der Waals surface area (Å²) in [6.45, 7) is 2.17. The van der Waals surface area contributed by atoms with Gasteiger partial charge in [-0.15, -0.1) is 0 Å². The van der Waals surface area contributed by atoms with Crippen molar-refractivity contribution in [3.05, 3.63) is 0 Å². The summed E-state index contributed by atoms with van der Waals surface area (Å²) in [6, 6.07) is 0. The van der Waals surface area contributed by atoms with E-state index in [-0.39, 0.29) is 17.8 Å². The number of rotatable bonds is 6. The van der Waals surface area contributed by atoms with Gasteiger partial charge in [0.25, 0.3) is 0 Å². The number of esters is 1. The van der Waals surface area contributed by atoms with Gasteiger partial charge < -0.3 is 9.94 Å². The molecule has 0 aromatic carbocycles. The second-order valence-corrected chi connectivity index (χ2v) is 4.72. The molecule has 0 heterocycles. The maximum absolute atomic E-state index is 11.6. The zero-order valence-corrected chi connectivity index (χ0v) is 10.8. The summed E-state index contributed by atoms with van der Waals surface area (Å²) >= 11 is 0. The van der Waals surface area contributed by atoms with E-state index in [4.69, 9.17) is 9.94 Å². The van der Waals surface area contributed by atoms with E-state index in [0.717, 1.165) is 25.0 Å². The van der Waals surface area contributed by atoms with Crippen LogP contribution in [-0.4, -0.2) is 24.0 Å². The van der Waals surface area contributed by atoms with Gasteiger partial charge >= 0.3 is 5.97 Å². The third kappa shape index (κ3) is 3.72. The number of unbranched alkanes of at least 4 members (excludes halogenated alkanes) is 3. The van der Waals surface area contributed by atoms with Gasteiger partial charge in [0.05, 0.1) is 18.7 Å². The van der Waals surface area contributed by atoms with Crippen LogP contribution in [0, 0.1) is 11.8 Å². The monoisotopic (exact) mass is 241 g/mol. The second-order valence-electron chi connectivity index (χ2n) is 4.72. The summed E-state index contributed by atoms with van der Waals surface area (Å²) in [5.41, 5.74) is 0.775. The number of carbonyl (C=O) groups is 1. The minimum Gasteiger partial charge on any atom is -0.469 e. The molecule has 0 amide bonds. The van der Waals surface area contributed by atoms with Crippen LogP contribution in [0.5, 0.6) is 0 Å². The van der Waals surface area contributed by atoms with Crippen molar-refractivity contribution in [2.45, 2.75) is 51.9 Å². The minimum atomic E-state index is -0.163. The highest BCUT2D eigenvalue weighted by Crippen LogP contribution is 2.34. The standard InChI is InChI=1S/C13H23NO3/c1-3-4-5-6-7-10-11(13(15)17-2)8-9-12(10)14-16/h10-11,16H,3-9H2,1-2H3/b14-12-/t10-,11+/m1/s1. The Morgan fingerprint density at radius 1 is 1.47 bits per heavy atom. The maximum Gasteiger partial charge on any atom is 0.309 e. The quantitative estimate of drug-likeness (QED) is 0.336. The van der Waals surface area contributed by atoms with Gasteiger partial charge in [-0.3, -0.25) is 4.79 Å². The second kappa shape index (κ2) is 7.30. The Hall–Kier alpha value is -1.06. The Bertz CT molecular complexity index is 276. The Labute approximate surface area is 103 Å². The van der Waals surface area contributed by atoms with Gasteiger partial charge in [0.15, 0.2) is 0 Å². The fourth-order valence-corrected chi connectivity index (χ4v) is 2.64. The van der Waals surface area contributed by atoms with E-state index < -0.39 is 0 Å². The topological polar surface area (TPSA) is 58.9 Å². The third-order valence-corrected chi connectivity index (χ3v) is 3.63. The van der Waals surface area contributed by atoms with E-state index in [9.17, 15) is 4.79 Å². The summed E-state index contributed by atoms with van der Waals surface area (Å²) < 4.78 is 4.81. The molecule has 0 radical (unpaired) electrons. The predicted octanol–water partition coefficient (Wildman–Crippen LogP) is 2.99. The van der Waals surface area contributed by atoms with E-state index in [1.165, 1.54) is 26.4 Å². The highest BCUT2D eigenvalue weighted by Gasteiger charge is 2.38. The Balaban J connectivity index is 2.52. The summed E-state index contributed by atoms with van der Waals surface area (Å²) in [4.78, 5) is 11.6. The number of hydrogen-bond acceptors (Lipinski definition) is 4. The lowest BCUT2D eigenvalue weighted by Gasteiger charge is -2.17. The van der Waals surface area contributed by atoms with E-state index in [1.54, 1.807) is 0 Å². The number of nitrogens with zero attached hydrogens (tertiary/aromatic N) is 1. The fourth-order valence-electron chi connectivity index (χ4n) is 2.64. The number of carbonyl (C=O) groups excluding carboxylic acids is 1. The number of ether oxygens (including phenoxy) is 1. The lowest BCUT2D eigenvalue weighted by molar-refractivity contribution is -0.146. The first-order valence-electron chi connectivity index (χ1n) is 6.53. The molecular weight excluding hydrogens is 218 g/mol. The molecule has 1 aliphatic rings. The van der Waals surface area contributed by atoms with Crippen molar-refractivity contribution in [1.29, 1.82) is 0 Å². The largest absolute Gasteiger partial charge is 0.469 e. The SMILES string of the molecule is CCCCCC[C@H]1/C(=N\O)CC[C@@H]1C(=O)OC. The first-order valence-corrected chi connectivity index (χ1v) is 6.53. The Kier molecular flexibility index (Phi) is 6.01. The Morgan fingerprint density at radius 2 is 2.24 bits per heavy atom. The Morgan fingerprint density at radius 3 is 2.82 bits per heavy atom. The molecule has 17 heavy (non-hydrogen) atoms. The molecule has 0 saturated heterocycles. The molecule has 1 N–H and O–H groups in total. The average Bonchev–Trinajstić information content (AvgIpc) is 2.76. The van der Waals surface area contributed by atoms with Gasteiger partial charge in [-0.2, -0.15) is 0 Å². The first-order chi connectivity index (χ1) is 8.24. The van der Waals surface area contributed by atoms with E-state index in [0.29, 0.717) is 6.42 Å². The summed E-state index contributed by atoms with van der Waals surface area (Å²) in [6.07, 6.45) is 7.09. The predicted molar refractivity (Wildman–Crippen MR) is 66.2 cm³/mol. The van der Waals surface area contributed by atoms with Crippen LogP contribution < -0.4 is 0 Å². The molecule has 1 fully saturated rings. The van der Waals surface area contributed by atoms with Crippen molar-refractivity contribution in [3.8, 4) is 0 Å². The summed E-state index contributed by atoms with van der Waals surface area (Å²) in [7, 11) is 1.42. The highest BCUT2D eigenvalue weighted by molar-refractivity contribution is 5.93. The van der Waals surface area contributed by atoms with Crippen LogP contribution in [0.2, 0.25) is 0 Å². The molecule has 1 rings (SSSR count). The first kappa shape index (κ1) is 14.0. The van der Waals surface area contributed by atoms with Crippen LogP contribution in [0.1, 0.15) is 51.9 Å². The van der Waals surface area contributed by atoms with Gasteiger partial charge in [0, 0.05) is 5.92 Å². The summed E-state index contributed by atoms with van der Waals surface area (Å²) in [5, 5.41) is 12.3. The van der Waals surface area contributed by atoms with E-state index in [1.807, 2.05) is 0 Å². The van der Waals surface area contributed by atoms with Crippen LogP contribution in [-0.2, 0) is 9.53 Å². The molecule has 0 unspecified atom stereocenters. The molecule has 0 aromatic rings. The lowest BCUT2D eigenvalue weighted by atomic mass is 9.89. The molecule has 0 aromatic heterocycles. The number of methoxy groups -OCH3 is 1. The van der Waals surface area contributed by atoms with Crippen LogP contribution in [0.25, 0.3) is 0 Å². The molecule has 4 nitrogen and oxygen atoms in total. The van der Waals surface area contributed by atoms with Crippen molar-refractivity contribution in [2.24, 2.45) is 17.0 Å². The van der Waals surface area contributed by atoms with Gasteiger partial charge in [-0.1, -0.05) is 37.8 Å². The molecule has 2 atom stereocenters. The normalized spacial score (nSPS) is 26.4. The molecule has 4 heteroatoms. The molecule has 0 aliphatic heterocycles. The lowest BCUT2D eigenvalue weighted by Crippen LogP contribution is -2.23. The zero-order valence-electron chi connectivity index (χ0n) is 10.8. The van der Waals surface area contributed by atoms with Crippen LogP contribution >= 0.6 is 0 Å². The molecular formula is C13H23NO3. The number of hydrogen-bond donors (Lipinski definition) is 1. The van der Waals surface area contributed by atoms with Crippen molar-refractivity contribution < 1.29 is 14.7 Å². The molecule has 0 bridgehead atoms. The third-order valence-electron chi connectivity index (χ3n) is 3.63. The van der Waals surface area contributed by atoms with Gasteiger partial charge in [-0.05, 0) is 19.3 Å². The van der Waals surface area contributed by atoms with Crippen molar-refractivity contribution >= 4 is 11.7 Å². The molecule has 1 saturated carbocycles. The van der Waals surface area contributed by atoms with Gasteiger partial charge in [-0.25, -0.2) is 0 Å². The van der Waals surface area contributed by atoms with E-state index >= 15 is 0 Å². The zero-order chi connectivity index (χ0) is 12.7. The summed E-state index contributed by atoms with van der Waals surface area (Å²) in [5.74, 6) is -0.180.